The van der Waals surface area contributed by atoms with Gasteiger partial charge in [0.15, 0.2) is 5.58 Å². The lowest BCUT2D eigenvalue weighted by Crippen LogP contribution is -2.12. The summed E-state index contributed by atoms with van der Waals surface area (Å²) >= 11 is 5.90. The molecule has 84 valence electrons. The van der Waals surface area contributed by atoms with Gasteiger partial charge in [0.05, 0.1) is 12.1 Å². The number of carbonyl (C=O) groups is 1. The van der Waals surface area contributed by atoms with E-state index in [1.807, 2.05) is 0 Å². The number of halogens is 1. The summed E-state index contributed by atoms with van der Waals surface area (Å²) in [6, 6.07) is 6.76. The zero-order valence-electron chi connectivity index (χ0n) is 8.44. The molecule has 0 fully saturated rings. The number of benzene rings is 1. The topological polar surface area (TPSA) is 59.7 Å². The third kappa shape index (κ3) is 1.77. The van der Waals surface area contributed by atoms with Crippen LogP contribution in [0.4, 0.5) is 0 Å². The number of aliphatic hydroxyl groups excluding tert-OH is 1. The number of methoxy groups -OCH3 is 1. The zero-order chi connectivity index (χ0) is 11.7. The number of rotatable bonds is 2. The molecule has 0 spiro atoms. The summed E-state index contributed by atoms with van der Waals surface area (Å²) in [7, 11) is 1.20. The maximum Gasteiger partial charge on any atom is 0.342 e. The van der Waals surface area contributed by atoms with Gasteiger partial charge < -0.3 is 14.3 Å². The van der Waals surface area contributed by atoms with Crippen LogP contribution in [0.5, 0.6) is 0 Å². The molecule has 2 rings (SSSR count). The van der Waals surface area contributed by atoms with Crippen LogP contribution in [-0.2, 0) is 9.53 Å². The number of fused-ring (bicyclic) bond motifs is 1. The standard InChI is InChI=1S/C11H9ClO4/c1-15-11(14)9(13)8-5-6-3-2-4-7(12)10(6)16-8/h2-5,9,13H,1H3. The van der Waals surface area contributed by atoms with Gasteiger partial charge in [0, 0.05) is 5.39 Å². The highest BCUT2D eigenvalue weighted by atomic mass is 35.5. The summed E-state index contributed by atoms with van der Waals surface area (Å²) in [4.78, 5) is 11.1. The molecule has 1 atom stereocenters. The summed E-state index contributed by atoms with van der Waals surface area (Å²) in [6.45, 7) is 0. The van der Waals surface area contributed by atoms with Crippen LogP contribution in [-0.4, -0.2) is 18.2 Å². The third-order valence-electron chi connectivity index (χ3n) is 2.21. The molecule has 5 heteroatoms. The summed E-state index contributed by atoms with van der Waals surface area (Å²) in [5, 5.41) is 10.7. The van der Waals surface area contributed by atoms with Gasteiger partial charge in [0.1, 0.15) is 5.76 Å². The van der Waals surface area contributed by atoms with Crippen LogP contribution >= 0.6 is 11.6 Å². The van der Waals surface area contributed by atoms with Gasteiger partial charge in [-0.25, -0.2) is 4.79 Å². The molecular weight excluding hydrogens is 232 g/mol. The lowest BCUT2D eigenvalue weighted by molar-refractivity contribution is -0.151. The highest BCUT2D eigenvalue weighted by Crippen LogP contribution is 2.29. The second-order valence-corrected chi connectivity index (χ2v) is 3.64. The number of hydrogen-bond acceptors (Lipinski definition) is 4. The zero-order valence-corrected chi connectivity index (χ0v) is 9.19. The Hall–Kier alpha value is -1.52. The molecule has 1 unspecified atom stereocenters. The normalized spacial score (nSPS) is 12.7. The van der Waals surface area contributed by atoms with Crippen LogP contribution in [0.3, 0.4) is 0 Å². The average Bonchev–Trinajstić information content (AvgIpc) is 2.72. The van der Waals surface area contributed by atoms with Crippen molar-refractivity contribution in [3.8, 4) is 0 Å². The van der Waals surface area contributed by atoms with Crippen molar-refractivity contribution in [1.29, 1.82) is 0 Å². The molecule has 0 aliphatic rings. The van der Waals surface area contributed by atoms with Crippen molar-refractivity contribution in [3.63, 3.8) is 0 Å². The molecule has 1 heterocycles. The largest absolute Gasteiger partial charge is 0.467 e. The minimum atomic E-state index is -1.42. The Labute approximate surface area is 96.4 Å². The van der Waals surface area contributed by atoms with E-state index in [0.717, 1.165) is 5.39 Å². The van der Waals surface area contributed by atoms with Crippen molar-refractivity contribution in [3.05, 3.63) is 35.0 Å². The molecule has 1 aromatic carbocycles. The molecule has 0 amide bonds. The van der Waals surface area contributed by atoms with Crippen LogP contribution in [0.25, 0.3) is 11.0 Å². The van der Waals surface area contributed by atoms with Crippen LogP contribution in [0.2, 0.25) is 5.02 Å². The third-order valence-corrected chi connectivity index (χ3v) is 2.51. The van der Waals surface area contributed by atoms with Crippen molar-refractivity contribution in [2.24, 2.45) is 0 Å². The SMILES string of the molecule is COC(=O)C(O)c1cc2cccc(Cl)c2o1. The Morgan fingerprint density at radius 1 is 1.56 bits per heavy atom. The molecule has 1 N–H and O–H groups in total. The fraction of sp³-hybridized carbons (Fsp3) is 0.182. The number of aliphatic hydroxyl groups is 1. The van der Waals surface area contributed by atoms with Crippen molar-refractivity contribution < 1.29 is 19.1 Å². The Balaban J connectivity index is 2.47. The predicted octanol–water partition coefficient (Wildman–Crippen LogP) is 2.29. The van der Waals surface area contributed by atoms with Gasteiger partial charge in [-0.2, -0.15) is 0 Å². The van der Waals surface area contributed by atoms with E-state index in [9.17, 15) is 9.90 Å². The predicted molar refractivity (Wildman–Crippen MR) is 58.2 cm³/mol. The lowest BCUT2D eigenvalue weighted by Gasteiger charge is -2.03. The number of ether oxygens (including phenoxy) is 1. The number of para-hydroxylation sites is 1. The van der Waals surface area contributed by atoms with Gasteiger partial charge >= 0.3 is 5.97 Å². The molecule has 0 saturated heterocycles. The molecule has 0 aliphatic carbocycles. The summed E-state index contributed by atoms with van der Waals surface area (Å²) in [5.74, 6) is -0.648. The number of furan rings is 1. The highest BCUT2D eigenvalue weighted by molar-refractivity contribution is 6.34. The quantitative estimate of drug-likeness (QED) is 0.819. The van der Waals surface area contributed by atoms with E-state index in [4.69, 9.17) is 16.0 Å². The highest BCUT2D eigenvalue weighted by Gasteiger charge is 2.22. The fourth-order valence-electron chi connectivity index (χ4n) is 1.41. The molecule has 4 nitrogen and oxygen atoms in total. The molecule has 0 bridgehead atoms. The minimum absolute atomic E-state index is 0.120. The Kier molecular flexibility index (Phi) is 2.85. The molecule has 16 heavy (non-hydrogen) atoms. The average molecular weight is 241 g/mol. The first-order chi connectivity index (χ1) is 7.63. The first-order valence-electron chi connectivity index (χ1n) is 4.57. The first-order valence-corrected chi connectivity index (χ1v) is 4.95. The molecule has 0 aliphatic heterocycles. The molecule has 2 aromatic rings. The van der Waals surface area contributed by atoms with Crippen molar-refractivity contribution in [2.45, 2.75) is 6.10 Å². The molecule has 0 saturated carbocycles. The van der Waals surface area contributed by atoms with E-state index in [1.165, 1.54) is 7.11 Å². The van der Waals surface area contributed by atoms with Crippen molar-refractivity contribution in [2.75, 3.05) is 7.11 Å². The summed E-state index contributed by atoms with van der Waals surface area (Å²) in [6.07, 6.45) is -1.42. The van der Waals surface area contributed by atoms with Gasteiger partial charge in [0.25, 0.3) is 0 Å². The van der Waals surface area contributed by atoms with Crippen LogP contribution in [0, 0.1) is 0 Å². The Morgan fingerprint density at radius 3 is 2.94 bits per heavy atom. The second-order valence-electron chi connectivity index (χ2n) is 3.23. The maximum absolute atomic E-state index is 11.1. The van der Waals surface area contributed by atoms with Crippen LogP contribution in [0.15, 0.2) is 28.7 Å². The van der Waals surface area contributed by atoms with E-state index in [2.05, 4.69) is 4.74 Å². The van der Waals surface area contributed by atoms with Crippen LogP contribution < -0.4 is 0 Å². The molecule has 0 radical (unpaired) electrons. The van der Waals surface area contributed by atoms with E-state index >= 15 is 0 Å². The fourth-order valence-corrected chi connectivity index (χ4v) is 1.63. The monoisotopic (exact) mass is 240 g/mol. The van der Waals surface area contributed by atoms with E-state index in [1.54, 1.807) is 24.3 Å². The van der Waals surface area contributed by atoms with E-state index in [-0.39, 0.29) is 5.76 Å². The van der Waals surface area contributed by atoms with Gasteiger partial charge in [0.2, 0.25) is 6.10 Å². The number of carbonyl (C=O) groups excluding carboxylic acids is 1. The summed E-state index contributed by atoms with van der Waals surface area (Å²) in [5.41, 5.74) is 0.446. The number of hydrogen-bond donors (Lipinski definition) is 1. The smallest absolute Gasteiger partial charge is 0.342 e. The second kappa shape index (κ2) is 4.15. The Bertz CT molecular complexity index is 532. The number of esters is 1. The molecular formula is C11H9ClO4. The van der Waals surface area contributed by atoms with E-state index in [0.29, 0.717) is 10.6 Å². The summed E-state index contributed by atoms with van der Waals surface area (Å²) < 4.78 is 9.71. The minimum Gasteiger partial charge on any atom is -0.467 e. The van der Waals surface area contributed by atoms with Gasteiger partial charge in [-0.15, -0.1) is 0 Å². The Morgan fingerprint density at radius 2 is 2.31 bits per heavy atom. The van der Waals surface area contributed by atoms with E-state index < -0.39 is 12.1 Å². The van der Waals surface area contributed by atoms with Crippen LogP contribution in [0.1, 0.15) is 11.9 Å². The van der Waals surface area contributed by atoms with Crippen molar-refractivity contribution in [1.82, 2.24) is 0 Å². The lowest BCUT2D eigenvalue weighted by atomic mass is 10.2. The van der Waals surface area contributed by atoms with Gasteiger partial charge in [-0.05, 0) is 12.1 Å². The van der Waals surface area contributed by atoms with Gasteiger partial charge in [-0.3, -0.25) is 0 Å². The first kappa shape index (κ1) is 11.0. The molecule has 1 aromatic heterocycles. The van der Waals surface area contributed by atoms with Crippen molar-refractivity contribution >= 4 is 28.5 Å². The van der Waals surface area contributed by atoms with Gasteiger partial charge in [-0.1, -0.05) is 23.7 Å². The maximum atomic E-state index is 11.1.